The lowest BCUT2D eigenvalue weighted by molar-refractivity contribution is -0.144. The number of hydrogen-bond donors (Lipinski definition) is 0. The standard InChI is InChI=1S/C22H17FO6/c23-18-7-2-1-4-17(18)19(24)11-28-21(25)12-27-13-8-9-15-14-5-3-6-16(14)22(26)29-20(15)10-13/h1-2,4,7-10H,3,5-6,11-12H2. The fourth-order valence-electron chi connectivity index (χ4n) is 3.45. The highest BCUT2D eigenvalue weighted by atomic mass is 19.1. The number of benzene rings is 2. The van der Waals surface area contributed by atoms with E-state index in [2.05, 4.69) is 0 Å². The highest BCUT2D eigenvalue weighted by molar-refractivity contribution is 5.98. The largest absolute Gasteiger partial charge is 0.482 e. The zero-order chi connectivity index (χ0) is 20.4. The van der Waals surface area contributed by atoms with Gasteiger partial charge in [-0.1, -0.05) is 12.1 Å². The molecule has 0 bridgehead atoms. The van der Waals surface area contributed by atoms with E-state index in [1.165, 1.54) is 18.2 Å². The number of hydrogen-bond acceptors (Lipinski definition) is 6. The van der Waals surface area contributed by atoms with E-state index in [9.17, 15) is 18.8 Å². The van der Waals surface area contributed by atoms with Crippen LogP contribution < -0.4 is 10.4 Å². The van der Waals surface area contributed by atoms with Crippen molar-refractivity contribution < 1.29 is 27.9 Å². The molecule has 0 saturated heterocycles. The molecule has 4 rings (SSSR count). The maximum absolute atomic E-state index is 13.6. The van der Waals surface area contributed by atoms with Crippen molar-refractivity contribution >= 4 is 22.7 Å². The maximum atomic E-state index is 13.6. The number of carbonyl (C=O) groups excluding carboxylic acids is 2. The Hall–Kier alpha value is -3.48. The van der Waals surface area contributed by atoms with Crippen LogP contribution in [0.5, 0.6) is 5.75 Å². The SMILES string of the molecule is O=C(COc1ccc2c3c(c(=O)oc2c1)CCC3)OCC(=O)c1ccccc1F. The molecule has 6 nitrogen and oxygen atoms in total. The molecule has 0 amide bonds. The smallest absolute Gasteiger partial charge is 0.344 e. The molecular weight excluding hydrogens is 379 g/mol. The van der Waals surface area contributed by atoms with Crippen LogP contribution in [0.15, 0.2) is 51.7 Å². The summed E-state index contributed by atoms with van der Waals surface area (Å²) in [5, 5.41) is 0.863. The topological polar surface area (TPSA) is 82.8 Å². The summed E-state index contributed by atoms with van der Waals surface area (Å²) in [5.41, 5.74) is 1.66. The van der Waals surface area contributed by atoms with Crippen LogP contribution in [0.25, 0.3) is 11.0 Å². The van der Waals surface area contributed by atoms with Crippen LogP contribution in [0.3, 0.4) is 0 Å². The van der Waals surface area contributed by atoms with Crippen LogP contribution in [-0.2, 0) is 22.4 Å². The molecule has 2 aromatic carbocycles. The molecule has 1 aliphatic rings. The summed E-state index contributed by atoms with van der Waals surface area (Å²) in [5.74, 6) is -1.76. The molecule has 1 aromatic heterocycles. The average Bonchev–Trinajstić information content (AvgIpc) is 3.21. The molecular formula is C22H17FO6. The van der Waals surface area contributed by atoms with Crippen molar-refractivity contribution in [2.24, 2.45) is 0 Å². The molecule has 3 aromatic rings. The number of esters is 1. The molecule has 0 radical (unpaired) electrons. The number of ether oxygens (including phenoxy) is 2. The summed E-state index contributed by atoms with van der Waals surface area (Å²) in [7, 11) is 0. The maximum Gasteiger partial charge on any atom is 0.344 e. The first-order chi connectivity index (χ1) is 14.0. The predicted molar refractivity (Wildman–Crippen MR) is 102 cm³/mol. The number of ketones is 1. The molecule has 148 valence electrons. The molecule has 0 spiro atoms. The summed E-state index contributed by atoms with van der Waals surface area (Å²) in [4.78, 5) is 35.8. The number of rotatable bonds is 6. The van der Waals surface area contributed by atoms with Crippen molar-refractivity contribution in [3.63, 3.8) is 0 Å². The van der Waals surface area contributed by atoms with Gasteiger partial charge in [0.05, 0.1) is 5.56 Å². The van der Waals surface area contributed by atoms with Crippen LogP contribution >= 0.6 is 0 Å². The van der Waals surface area contributed by atoms with Gasteiger partial charge in [-0.3, -0.25) is 4.79 Å². The Bertz CT molecular complexity index is 1160. The molecule has 0 saturated carbocycles. The third-order valence-corrected chi connectivity index (χ3v) is 4.84. The van der Waals surface area contributed by atoms with Crippen molar-refractivity contribution in [3.8, 4) is 5.75 Å². The van der Waals surface area contributed by atoms with Gasteiger partial charge in [0.2, 0.25) is 5.78 Å². The molecule has 0 unspecified atom stereocenters. The van der Waals surface area contributed by atoms with Crippen molar-refractivity contribution in [3.05, 3.63) is 75.4 Å². The fourth-order valence-corrected chi connectivity index (χ4v) is 3.45. The molecule has 1 aliphatic carbocycles. The lowest BCUT2D eigenvalue weighted by Gasteiger charge is -2.09. The normalized spacial score (nSPS) is 12.6. The Labute approximate surface area is 164 Å². The van der Waals surface area contributed by atoms with Gasteiger partial charge in [-0.05, 0) is 49.1 Å². The van der Waals surface area contributed by atoms with Gasteiger partial charge in [-0.25, -0.2) is 14.0 Å². The minimum absolute atomic E-state index is 0.140. The van der Waals surface area contributed by atoms with E-state index in [1.54, 1.807) is 18.2 Å². The van der Waals surface area contributed by atoms with Crippen molar-refractivity contribution in [1.29, 1.82) is 0 Å². The average molecular weight is 396 g/mol. The lowest BCUT2D eigenvalue weighted by atomic mass is 10.1. The lowest BCUT2D eigenvalue weighted by Crippen LogP contribution is -2.20. The van der Waals surface area contributed by atoms with Crippen molar-refractivity contribution in [2.45, 2.75) is 19.3 Å². The zero-order valence-electron chi connectivity index (χ0n) is 15.4. The molecule has 0 atom stereocenters. The predicted octanol–water partition coefficient (Wildman–Crippen LogP) is 3.23. The van der Waals surface area contributed by atoms with Gasteiger partial charge >= 0.3 is 11.6 Å². The van der Waals surface area contributed by atoms with E-state index in [4.69, 9.17) is 13.9 Å². The summed E-state index contributed by atoms with van der Waals surface area (Å²) in [6.07, 6.45) is 2.48. The summed E-state index contributed by atoms with van der Waals surface area (Å²) < 4.78 is 29.1. The first-order valence-electron chi connectivity index (χ1n) is 9.17. The minimum Gasteiger partial charge on any atom is -0.482 e. The van der Waals surface area contributed by atoms with Crippen molar-refractivity contribution in [1.82, 2.24) is 0 Å². The zero-order valence-corrected chi connectivity index (χ0v) is 15.4. The molecule has 0 N–H and O–H groups in total. The van der Waals surface area contributed by atoms with E-state index >= 15 is 0 Å². The first kappa shape index (κ1) is 18.9. The van der Waals surface area contributed by atoms with E-state index in [0.29, 0.717) is 11.3 Å². The molecule has 29 heavy (non-hydrogen) atoms. The highest BCUT2D eigenvalue weighted by Gasteiger charge is 2.20. The van der Waals surface area contributed by atoms with Gasteiger partial charge in [0.1, 0.15) is 17.1 Å². The molecule has 0 aliphatic heterocycles. The summed E-state index contributed by atoms with van der Waals surface area (Å²) in [6.45, 7) is -1.02. The van der Waals surface area contributed by atoms with Crippen LogP contribution in [-0.4, -0.2) is 25.0 Å². The Morgan fingerprint density at radius 2 is 1.83 bits per heavy atom. The first-order valence-corrected chi connectivity index (χ1v) is 9.17. The van der Waals surface area contributed by atoms with Crippen molar-refractivity contribution in [2.75, 3.05) is 13.2 Å². The van der Waals surface area contributed by atoms with E-state index in [-0.39, 0.29) is 11.2 Å². The second-order valence-corrected chi connectivity index (χ2v) is 6.71. The van der Waals surface area contributed by atoms with Crippen LogP contribution in [0.1, 0.15) is 27.9 Å². The van der Waals surface area contributed by atoms with Crippen LogP contribution in [0.4, 0.5) is 4.39 Å². The van der Waals surface area contributed by atoms with Gasteiger partial charge in [-0.2, -0.15) is 0 Å². The second-order valence-electron chi connectivity index (χ2n) is 6.71. The third-order valence-electron chi connectivity index (χ3n) is 4.84. The Morgan fingerprint density at radius 1 is 1.03 bits per heavy atom. The van der Waals surface area contributed by atoms with Gasteiger partial charge in [0.25, 0.3) is 0 Å². The summed E-state index contributed by atoms with van der Waals surface area (Å²) >= 11 is 0. The quantitative estimate of drug-likeness (QED) is 0.361. The monoisotopic (exact) mass is 396 g/mol. The Kier molecular flexibility index (Phi) is 5.12. The van der Waals surface area contributed by atoms with Gasteiger partial charge in [0.15, 0.2) is 13.2 Å². The number of halogens is 1. The molecule has 0 fully saturated rings. The number of fused-ring (bicyclic) bond motifs is 3. The summed E-state index contributed by atoms with van der Waals surface area (Å²) in [6, 6.07) is 10.5. The number of aryl methyl sites for hydroxylation is 1. The Morgan fingerprint density at radius 3 is 2.66 bits per heavy atom. The van der Waals surface area contributed by atoms with Gasteiger partial charge in [-0.15, -0.1) is 0 Å². The number of carbonyl (C=O) groups is 2. The Balaban J connectivity index is 1.37. The van der Waals surface area contributed by atoms with Crippen LogP contribution in [0.2, 0.25) is 0 Å². The fraction of sp³-hybridized carbons (Fsp3) is 0.227. The minimum atomic E-state index is -0.773. The number of Topliss-reactive ketones (excluding diaryl/α,β-unsaturated/α-hetero) is 1. The van der Waals surface area contributed by atoms with Gasteiger partial charge in [0, 0.05) is 17.0 Å². The molecule has 7 heteroatoms. The van der Waals surface area contributed by atoms with E-state index in [1.807, 2.05) is 0 Å². The van der Waals surface area contributed by atoms with E-state index in [0.717, 1.165) is 41.8 Å². The van der Waals surface area contributed by atoms with Gasteiger partial charge < -0.3 is 13.9 Å². The highest BCUT2D eigenvalue weighted by Crippen LogP contribution is 2.29. The molecule has 1 heterocycles. The van der Waals surface area contributed by atoms with Crippen LogP contribution in [0, 0.1) is 5.82 Å². The second kappa shape index (κ2) is 7.87. The van der Waals surface area contributed by atoms with E-state index < -0.39 is 30.8 Å². The third kappa shape index (κ3) is 3.89.